The lowest BCUT2D eigenvalue weighted by Crippen LogP contribution is -2.63. The highest BCUT2D eigenvalue weighted by atomic mass is 35.5. The molecule has 1 saturated heterocycles. The van der Waals surface area contributed by atoms with Gasteiger partial charge in [0.1, 0.15) is 0 Å². The molecule has 34 heavy (non-hydrogen) atoms. The number of hydrogen-bond donors (Lipinski definition) is 2. The number of carbonyl (C=O) groups excluding carboxylic acids is 1. The van der Waals surface area contributed by atoms with Crippen molar-refractivity contribution < 1.29 is 9.53 Å². The summed E-state index contributed by atoms with van der Waals surface area (Å²) in [5.74, 6) is 0.00576. The second kappa shape index (κ2) is 8.40. The maximum Gasteiger partial charge on any atom is 0.245 e. The fourth-order valence-electron chi connectivity index (χ4n) is 5.79. The molecule has 2 aromatic rings. The first-order valence-electron chi connectivity index (χ1n) is 11.7. The Morgan fingerprint density at radius 2 is 2.09 bits per heavy atom. The number of amides is 1. The summed E-state index contributed by atoms with van der Waals surface area (Å²) in [4.78, 5) is 13.7. The van der Waals surface area contributed by atoms with Crippen LogP contribution >= 0.6 is 11.6 Å². The fourth-order valence-corrected chi connectivity index (χ4v) is 6.04. The van der Waals surface area contributed by atoms with E-state index in [4.69, 9.17) is 32.6 Å². The van der Waals surface area contributed by atoms with Crippen LogP contribution in [0, 0.1) is 24.7 Å². The van der Waals surface area contributed by atoms with Crippen molar-refractivity contribution in [1.82, 2.24) is 14.7 Å². The summed E-state index contributed by atoms with van der Waals surface area (Å²) >= 11 is 6.85. The molecule has 7 nitrogen and oxygen atoms in total. The highest BCUT2D eigenvalue weighted by Gasteiger charge is 2.54. The lowest BCUT2D eigenvalue weighted by molar-refractivity contribution is -0.149. The van der Waals surface area contributed by atoms with Gasteiger partial charge < -0.3 is 20.8 Å². The summed E-state index contributed by atoms with van der Waals surface area (Å²) < 4.78 is 7.68. The van der Waals surface area contributed by atoms with Gasteiger partial charge in [0.15, 0.2) is 0 Å². The van der Waals surface area contributed by atoms with Crippen LogP contribution < -0.4 is 5.73 Å². The highest BCUT2D eigenvalue weighted by Crippen LogP contribution is 2.55. The Labute approximate surface area is 204 Å². The lowest BCUT2D eigenvalue weighted by atomic mass is 9.60. The van der Waals surface area contributed by atoms with E-state index in [0.29, 0.717) is 29.5 Å². The standard InChI is InChI=1S/C26H30ClN5O2/c1-4-21(33)31-13-26(14-31)10-18(11-26)32-16(3)22(25(30-32)17-5-7-34-8-6-17)23-19(12-28)20(29)9-15(2)24(23)27/h4-5,9,12,18,28H,1,6-8,10-11,13-14,29H2,2-3H3. The van der Waals surface area contributed by atoms with Crippen LogP contribution in [0.15, 0.2) is 24.8 Å². The number of nitrogens with zero attached hydrogens (tertiary/aromatic N) is 3. The van der Waals surface area contributed by atoms with Crippen molar-refractivity contribution in [3.63, 3.8) is 0 Å². The molecule has 3 aliphatic rings. The molecule has 0 atom stereocenters. The monoisotopic (exact) mass is 479 g/mol. The molecule has 1 saturated carbocycles. The van der Waals surface area contributed by atoms with Crippen LogP contribution in [0.25, 0.3) is 16.7 Å². The number of hydrogen-bond acceptors (Lipinski definition) is 5. The number of nitrogens with two attached hydrogens (primary N) is 1. The minimum Gasteiger partial charge on any atom is -0.398 e. The van der Waals surface area contributed by atoms with Crippen LogP contribution in [0.1, 0.15) is 47.8 Å². The molecule has 0 radical (unpaired) electrons. The van der Waals surface area contributed by atoms with Gasteiger partial charge in [0.2, 0.25) is 5.91 Å². The number of carbonyl (C=O) groups is 1. The lowest BCUT2D eigenvalue weighted by Gasteiger charge is -2.58. The molecule has 178 valence electrons. The largest absolute Gasteiger partial charge is 0.398 e. The van der Waals surface area contributed by atoms with Crippen molar-refractivity contribution in [2.75, 3.05) is 32.0 Å². The third-order valence-corrected chi connectivity index (χ3v) is 8.04. The van der Waals surface area contributed by atoms with E-state index in [-0.39, 0.29) is 17.4 Å². The van der Waals surface area contributed by atoms with E-state index in [2.05, 4.69) is 24.3 Å². The summed E-state index contributed by atoms with van der Waals surface area (Å²) in [6.07, 6.45) is 7.50. The van der Waals surface area contributed by atoms with E-state index >= 15 is 0 Å². The summed E-state index contributed by atoms with van der Waals surface area (Å²) in [6, 6.07) is 2.08. The number of nitrogens with one attached hydrogen (secondary N) is 1. The Kier molecular flexibility index (Phi) is 5.65. The molecule has 2 fully saturated rings. The zero-order chi connectivity index (χ0) is 24.2. The number of rotatable bonds is 5. The summed E-state index contributed by atoms with van der Waals surface area (Å²) in [5, 5.41) is 13.8. The number of anilines is 1. The Morgan fingerprint density at radius 1 is 1.35 bits per heavy atom. The van der Waals surface area contributed by atoms with Crippen molar-refractivity contribution in [2.24, 2.45) is 5.41 Å². The molecule has 2 aliphatic heterocycles. The number of ether oxygens (including phenoxy) is 1. The van der Waals surface area contributed by atoms with Gasteiger partial charge in [0, 0.05) is 52.8 Å². The number of nitrogen functional groups attached to an aromatic ring is 1. The second-order valence-electron chi connectivity index (χ2n) is 9.80. The molecular weight excluding hydrogens is 450 g/mol. The molecule has 3 heterocycles. The first-order valence-corrected chi connectivity index (χ1v) is 12.0. The van der Waals surface area contributed by atoms with Crippen molar-refractivity contribution in [3.8, 4) is 11.1 Å². The van der Waals surface area contributed by atoms with Crippen LogP contribution in [0.5, 0.6) is 0 Å². The Bertz CT molecular complexity index is 1230. The number of benzene rings is 1. The van der Waals surface area contributed by atoms with E-state index in [1.165, 1.54) is 12.3 Å². The van der Waals surface area contributed by atoms with Gasteiger partial charge in [-0.15, -0.1) is 0 Å². The van der Waals surface area contributed by atoms with E-state index < -0.39 is 0 Å². The third kappa shape index (κ3) is 3.49. The van der Waals surface area contributed by atoms with E-state index in [1.54, 1.807) is 0 Å². The molecule has 1 aromatic heterocycles. The van der Waals surface area contributed by atoms with Gasteiger partial charge >= 0.3 is 0 Å². The number of halogens is 1. The smallest absolute Gasteiger partial charge is 0.245 e. The normalized spacial score (nSPS) is 19.4. The second-order valence-corrected chi connectivity index (χ2v) is 10.2. The maximum atomic E-state index is 11.9. The quantitative estimate of drug-likeness (QED) is 0.373. The van der Waals surface area contributed by atoms with E-state index in [0.717, 1.165) is 66.0 Å². The van der Waals surface area contributed by atoms with Crippen molar-refractivity contribution in [1.29, 1.82) is 5.41 Å². The zero-order valence-corrected chi connectivity index (χ0v) is 20.4. The van der Waals surface area contributed by atoms with Crippen LogP contribution in [-0.4, -0.2) is 53.1 Å². The Balaban J connectivity index is 1.56. The molecule has 1 aliphatic carbocycles. The zero-order valence-electron chi connectivity index (χ0n) is 19.7. The molecule has 0 unspecified atom stereocenters. The molecule has 3 N–H and O–H groups in total. The molecular formula is C26H30ClN5O2. The van der Waals surface area contributed by atoms with Crippen LogP contribution in [0.2, 0.25) is 5.02 Å². The van der Waals surface area contributed by atoms with E-state index in [9.17, 15) is 4.79 Å². The van der Waals surface area contributed by atoms with Crippen LogP contribution in [0.4, 0.5) is 5.69 Å². The topological polar surface area (TPSA) is 97.2 Å². The molecule has 1 spiro atoms. The summed E-state index contributed by atoms with van der Waals surface area (Å²) in [7, 11) is 0. The minimum absolute atomic E-state index is 0.00576. The van der Waals surface area contributed by atoms with Crippen molar-refractivity contribution in [2.45, 2.75) is 39.2 Å². The van der Waals surface area contributed by atoms with Gasteiger partial charge in [0.25, 0.3) is 0 Å². The van der Waals surface area contributed by atoms with Gasteiger partial charge in [-0.25, -0.2) is 0 Å². The first kappa shape index (κ1) is 22.9. The average Bonchev–Trinajstić information content (AvgIpc) is 3.11. The summed E-state index contributed by atoms with van der Waals surface area (Å²) in [5.41, 5.74) is 13.3. The first-order chi connectivity index (χ1) is 16.3. The third-order valence-electron chi connectivity index (χ3n) is 7.55. The van der Waals surface area contributed by atoms with Gasteiger partial charge in [-0.05, 0) is 56.4 Å². The Morgan fingerprint density at radius 3 is 2.71 bits per heavy atom. The molecule has 1 aromatic carbocycles. The predicted octanol–water partition coefficient (Wildman–Crippen LogP) is 4.55. The van der Waals surface area contributed by atoms with E-state index in [1.807, 2.05) is 17.9 Å². The fraction of sp³-hybridized carbons (Fsp3) is 0.423. The van der Waals surface area contributed by atoms with Crippen molar-refractivity contribution >= 4 is 35.0 Å². The molecule has 5 rings (SSSR count). The maximum absolute atomic E-state index is 11.9. The predicted molar refractivity (Wildman–Crippen MR) is 135 cm³/mol. The minimum atomic E-state index is 0.00576. The van der Waals surface area contributed by atoms with Crippen molar-refractivity contribution in [3.05, 3.63) is 52.3 Å². The van der Waals surface area contributed by atoms with Crippen LogP contribution in [0.3, 0.4) is 0 Å². The molecule has 8 heteroatoms. The number of likely N-dealkylation sites (tertiary alicyclic amines) is 1. The number of aromatic nitrogens is 2. The van der Waals surface area contributed by atoms with Gasteiger partial charge in [0.05, 0.1) is 30.0 Å². The highest BCUT2D eigenvalue weighted by molar-refractivity contribution is 6.35. The molecule has 1 amide bonds. The number of aryl methyl sites for hydroxylation is 1. The molecule has 0 bridgehead atoms. The average molecular weight is 480 g/mol. The van der Waals surface area contributed by atoms with Gasteiger partial charge in [-0.2, -0.15) is 5.10 Å². The SMILES string of the molecule is C=CC(=O)N1CC2(CC(n3nc(C4=CCOCC4)c(-c4c(Cl)c(C)cc(N)c4C=N)c3C)C2)C1. The van der Waals surface area contributed by atoms with Gasteiger partial charge in [-0.1, -0.05) is 24.3 Å². The Hall–Kier alpha value is -2.90. The van der Waals surface area contributed by atoms with Crippen LogP contribution in [-0.2, 0) is 9.53 Å². The summed E-state index contributed by atoms with van der Waals surface area (Å²) in [6.45, 7) is 10.4. The van der Waals surface area contributed by atoms with Gasteiger partial charge in [-0.3, -0.25) is 9.48 Å².